The van der Waals surface area contributed by atoms with Crippen molar-refractivity contribution in [3.63, 3.8) is 0 Å². The zero-order chi connectivity index (χ0) is 22.4. The molecule has 4 rings (SSSR count). The second-order valence-corrected chi connectivity index (χ2v) is 10.6. The molecular weight excluding hydrogens is 422 g/mol. The van der Waals surface area contributed by atoms with Gasteiger partial charge >= 0.3 is 6.03 Å². The number of carboxylic acid groups (broad SMARTS) is 1. The van der Waals surface area contributed by atoms with Crippen LogP contribution in [0, 0.1) is 16.7 Å². The molecule has 0 spiro atoms. The monoisotopic (exact) mass is 452 g/mol. The molecule has 0 aromatic carbocycles. The summed E-state index contributed by atoms with van der Waals surface area (Å²) in [6.45, 7) is 5.76. The second-order valence-electron chi connectivity index (χ2n) is 9.47. The van der Waals surface area contributed by atoms with E-state index >= 15 is 0 Å². The van der Waals surface area contributed by atoms with Crippen LogP contribution in [0.1, 0.15) is 49.6 Å². The van der Waals surface area contributed by atoms with E-state index in [0.717, 1.165) is 4.88 Å². The van der Waals surface area contributed by atoms with Crippen LogP contribution in [0.4, 0.5) is 9.93 Å². The number of aliphatic carboxylic acids is 1. The molecule has 1 aromatic rings. The summed E-state index contributed by atoms with van der Waals surface area (Å²) in [5.41, 5.74) is -0.499. The largest absolute Gasteiger partial charge is 0.550 e. The van der Waals surface area contributed by atoms with E-state index in [9.17, 15) is 24.9 Å². The van der Waals surface area contributed by atoms with Crippen molar-refractivity contribution >= 4 is 28.5 Å². The Labute approximate surface area is 185 Å². The first-order valence-corrected chi connectivity index (χ1v) is 11.6. The molecule has 0 unspecified atom stereocenters. The number of carbonyl (C=O) groups excluding carboxylic acids is 2. The molecule has 0 bridgehead atoms. The Morgan fingerprint density at radius 2 is 2.06 bits per heavy atom. The highest BCUT2D eigenvalue weighted by molar-refractivity contribution is 7.15. The summed E-state index contributed by atoms with van der Waals surface area (Å²) < 4.78 is 5.28. The molecule has 3 N–H and O–H groups in total. The van der Waals surface area contributed by atoms with E-state index in [4.69, 9.17) is 4.74 Å². The fraction of sp³-hybridized carbons (Fsp3) is 0.762. The van der Waals surface area contributed by atoms with Crippen molar-refractivity contribution in [2.75, 3.05) is 38.2 Å². The summed E-state index contributed by atoms with van der Waals surface area (Å²) in [6, 6.07) is -0.245. The molecule has 10 heteroatoms. The fourth-order valence-corrected chi connectivity index (χ4v) is 6.86. The van der Waals surface area contributed by atoms with Crippen LogP contribution < -0.4 is 10.4 Å². The van der Waals surface area contributed by atoms with Crippen LogP contribution >= 0.6 is 11.3 Å². The molecule has 0 radical (unpaired) electrons. The van der Waals surface area contributed by atoms with Crippen molar-refractivity contribution in [2.24, 2.45) is 16.7 Å². The van der Waals surface area contributed by atoms with E-state index in [1.54, 1.807) is 4.90 Å². The van der Waals surface area contributed by atoms with E-state index in [1.165, 1.54) is 11.3 Å². The highest BCUT2D eigenvalue weighted by atomic mass is 32.1. The summed E-state index contributed by atoms with van der Waals surface area (Å²) in [6.07, 6.45) is 0.869. The van der Waals surface area contributed by atoms with Crippen LogP contribution in [0.5, 0.6) is 0 Å². The first-order chi connectivity index (χ1) is 14.7. The van der Waals surface area contributed by atoms with Crippen LogP contribution in [0.3, 0.4) is 0 Å². The van der Waals surface area contributed by atoms with E-state index in [2.05, 4.69) is 10.3 Å². The smallest absolute Gasteiger partial charge is 0.323 e. The molecule has 1 saturated heterocycles. The van der Waals surface area contributed by atoms with Crippen molar-refractivity contribution in [1.82, 2.24) is 9.88 Å². The third-order valence-electron chi connectivity index (χ3n) is 7.78. The molecule has 172 valence electrons. The number of aliphatic hydroxyl groups is 2. The fourth-order valence-electron chi connectivity index (χ4n) is 5.80. The number of nitrogens with zero attached hydrogens (tertiary/aromatic N) is 2. The number of anilines is 1. The number of thiazole rings is 1. The van der Waals surface area contributed by atoms with Crippen molar-refractivity contribution in [1.29, 1.82) is 0 Å². The zero-order valence-electron chi connectivity index (χ0n) is 17.9. The standard InChI is InChI=1S/C21H31N3O6S/c1-20-4-3-15(26)21(2,11-25)14(20)10-13-17(12(20)9-16(27)28)22-18(31-13)23-19(29)24-5-7-30-8-6-24/h12,14-15,25-26H,3-11H2,1-2H3,(H,27,28)(H,22,23,29)/p-1/t12-,14+,15-,20+,21+/m1/s1. The van der Waals surface area contributed by atoms with Gasteiger partial charge in [0.05, 0.1) is 31.6 Å². The third kappa shape index (κ3) is 3.83. The van der Waals surface area contributed by atoms with Crippen LogP contribution in [0.15, 0.2) is 0 Å². The van der Waals surface area contributed by atoms with E-state index < -0.39 is 28.8 Å². The van der Waals surface area contributed by atoms with Gasteiger partial charge in [0.15, 0.2) is 5.13 Å². The SMILES string of the molecule is C[C@]1(CO)[C@H]2Cc3sc(NC(=O)N4CCOCC4)nc3[C@@H](CC(=O)[O-])[C@]2(C)CC[C@H]1O. The summed E-state index contributed by atoms with van der Waals surface area (Å²) in [5, 5.41) is 35.8. The molecule has 1 aliphatic heterocycles. The maximum atomic E-state index is 12.6. The molecule has 3 aliphatic rings. The van der Waals surface area contributed by atoms with Gasteiger partial charge in [-0.3, -0.25) is 5.32 Å². The number of hydrogen-bond acceptors (Lipinski definition) is 8. The predicted molar refractivity (Wildman–Crippen MR) is 112 cm³/mol. The Morgan fingerprint density at radius 1 is 1.35 bits per heavy atom. The summed E-state index contributed by atoms with van der Waals surface area (Å²) >= 11 is 1.35. The van der Waals surface area contributed by atoms with Gasteiger partial charge in [-0.2, -0.15) is 0 Å². The molecule has 31 heavy (non-hydrogen) atoms. The van der Waals surface area contributed by atoms with Crippen molar-refractivity contribution in [3.05, 3.63) is 10.6 Å². The average Bonchev–Trinajstić information content (AvgIpc) is 3.15. The number of fused-ring (bicyclic) bond motifs is 2. The number of amides is 2. The van der Waals surface area contributed by atoms with E-state index in [-0.39, 0.29) is 25.0 Å². The number of aliphatic hydroxyl groups excluding tert-OH is 2. The Kier molecular flexibility index (Phi) is 6.01. The van der Waals surface area contributed by atoms with E-state index in [0.29, 0.717) is 56.4 Å². The lowest BCUT2D eigenvalue weighted by molar-refractivity contribution is -0.307. The number of nitrogens with one attached hydrogen (secondary N) is 1. The lowest BCUT2D eigenvalue weighted by Crippen LogP contribution is -2.57. The number of urea groups is 1. The predicted octanol–water partition coefficient (Wildman–Crippen LogP) is 0.563. The third-order valence-corrected chi connectivity index (χ3v) is 8.79. The first-order valence-electron chi connectivity index (χ1n) is 10.8. The number of aromatic nitrogens is 1. The van der Waals surface area contributed by atoms with Gasteiger partial charge in [-0.15, -0.1) is 11.3 Å². The molecule has 1 saturated carbocycles. The number of ether oxygens (including phenoxy) is 1. The maximum absolute atomic E-state index is 12.6. The quantitative estimate of drug-likeness (QED) is 0.607. The van der Waals surface area contributed by atoms with Gasteiger partial charge < -0.3 is 29.8 Å². The van der Waals surface area contributed by atoms with Crippen molar-refractivity contribution < 1.29 is 29.6 Å². The van der Waals surface area contributed by atoms with Gasteiger partial charge in [0.25, 0.3) is 0 Å². The van der Waals surface area contributed by atoms with Gasteiger partial charge in [-0.05, 0) is 37.0 Å². The normalized spacial score (nSPS) is 35.2. The maximum Gasteiger partial charge on any atom is 0.323 e. The summed E-state index contributed by atoms with van der Waals surface area (Å²) in [4.78, 5) is 31.5. The Bertz CT molecular complexity index is 856. The lowest BCUT2D eigenvalue weighted by Gasteiger charge is -2.58. The van der Waals surface area contributed by atoms with Crippen LogP contribution in [0.25, 0.3) is 0 Å². The number of rotatable bonds is 4. The average molecular weight is 453 g/mol. The van der Waals surface area contributed by atoms with Gasteiger partial charge in [0.1, 0.15) is 0 Å². The zero-order valence-corrected chi connectivity index (χ0v) is 18.7. The van der Waals surface area contributed by atoms with Crippen LogP contribution in [-0.4, -0.2) is 71.1 Å². The molecule has 5 atom stereocenters. The minimum absolute atomic E-state index is 0.117. The second kappa shape index (κ2) is 8.31. The van der Waals surface area contributed by atoms with E-state index in [1.807, 2.05) is 13.8 Å². The number of hydrogen-bond donors (Lipinski definition) is 3. The minimum atomic E-state index is -1.15. The van der Waals surface area contributed by atoms with Crippen LogP contribution in [-0.2, 0) is 16.0 Å². The Hall–Kier alpha value is -1.75. The first kappa shape index (κ1) is 22.4. The van der Waals surface area contributed by atoms with Crippen molar-refractivity contribution in [2.45, 2.75) is 51.6 Å². The topological polar surface area (TPSA) is 135 Å². The molecule has 2 amide bonds. The number of carbonyl (C=O) groups is 2. The molecule has 2 aliphatic carbocycles. The van der Waals surface area contributed by atoms with Gasteiger partial charge in [-0.25, -0.2) is 9.78 Å². The van der Waals surface area contributed by atoms with Gasteiger partial charge in [0, 0.05) is 35.3 Å². The Morgan fingerprint density at radius 3 is 2.71 bits per heavy atom. The molecule has 9 nitrogen and oxygen atoms in total. The molecule has 2 fully saturated rings. The summed E-state index contributed by atoms with van der Waals surface area (Å²) in [5.74, 6) is -1.68. The number of morpholine rings is 1. The van der Waals surface area contributed by atoms with Gasteiger partial charge in [0.2, 0.25) is 0 Å². The summed E-state index contributed by atoms with van der Waals surface area (Å²) in [7, 11) is 0. The van der Waals surface area contributed by atoms with Crippen molar-refractivity contribution in [3.8, 4) is 0 Å². The van der Waals surface area contributed by atoms with Gasteiger partial charge in [-0.1, -0.05) is 13.8 Å². The number of carboxylic acids is 1. The molecule has 1 aromatic heterocycles. The minimum Gasteiger partial charge on any atom is -0.550 e. The van der Waals surface area contributed by atoms with Crippen LogP contribution in [0.2, 0.25) is 0 Å². The molecular formula is C21H30N3O6S-. The highest BCUT2D eigenvalue weighted by Crippen LogP contribution is 2.62. The molecule has 2 heterocycles. The highest BCUT2D eigenvalue weighted by Gasteiger charge is 2.59. The lowest BCUT2D eigenvalue weighted by atomic mass is 9.47. The Balaban J connectivity index is 1.67.